The van der Waals surface area contributed by atoms with Gasteiger partial charge in [-0.2, -0.15) is 0 Å². The fourth-order valence-corrected chi connectivity index (χ4v) is 4.10. The molecule has 0 saturated carbocycles. The van der Waals surface area contributed by atoms with E-state index in [-0.39, 0.29) is 11.0 Å². The highest BCUT2D eigenvalue weighted by Crippen LogP contribution is 2.38. The van der Waals surface area contributed by atoms with Crippen molar-refractivity contribution < 1.29 is 19.0 Å². The van der Waals surface area contributed by atoms with Crippen molar-refractivity contribution in [3.05, 3.63) is 71.8 Å². The monoisotopic (exact) mass is 551 g/mol. The minimum atomic E-state index is -0.390. The number of nitrogens with zero attached hydrogens (tertiary/aromatic N) is 3. The summed E-state index contributed by atoms with van der Waals surface area (Å²) in [6.07, 6.45) is 11.1. The Bertz CT molecular complexity index is 1320. The first-order valence-corrected chi connectivity index (χ1v) is 12.6. The Morgan fingerprint density at radius 2 is 2.10 bits per heavy atom. The number of ether oxygens (including phenoxy) is 3. The number of hydrogen-bond acceptors (Lipinski definition) is 10. The van der Waals surface area contributed by atoms with Crippen molar-refractivity contribution in [2.45, 2.75) is 0 Å². The number of allylic oxidation sites excluding steroid dienone is 4. The summed E-state index contributed by atoms with van der Waals surface area (Å²) in [4.78, 5) is 23.3. The van der Waals surface area contributed by atoms with Crippen LogP contribution in [0.4, 0.5) is 17.3 Å². The number of carbonyl (C=O) groups excluding carboxylic acids is 1. The smallest absolute Gasteiger partial charge is 0.247 e. The summed E-state index contributed by atoms with van der Waals surface area (Å²) in [6.45, 7) is 7.75. The van der Waals surface area contributed by atoms with Gasteiger partial charge in [-0.05, 0) is 24.3 Å². The molecule has 0 radical (unpaired) electrons. The highest BCUT2D eigenvalue weighted by atomic mass is 35.5. The van der Waals surface area contributed by atoms with Crippen molar-refractivity contribution in [3.8, 4) is 11.5 Å². The summed E-state index contributed by atoms with van der Waals surface area (Å²) in [5.74, 6) is 0.710. The maximum absolute atomic E-state index is 12.2. The van der Waals surface area contributed by atoms with E-state index in [4.69, 9.17) is 31.2 Å². The molecule has 12 heteroatoms. The van der Waals surface area contributed by atoms with Gasteiger partial charge in [-0.3, -0.25) is 9.69 Å². The SMILES string of the molecule is C=CC(=O)Nc1cc(Nc2ncc(Cl)c(/C(C=N)=C3\C=CC=CN3)n2)c(OC)cc1OCCN1CCOCC1. The van der Waals surface area contributed by atoms with Crippen LogP contribution in [0.5, 0.6) is 11.5 Å². The summed E-state index contributed by atoms with van der Waals surface area (Å²) in [5.41, 5.74) is 2.43. The van der Waals surface area contributed by atoms with Crippen LogP contribution in [-0.4, -0.2) is 73.6 Å². The van der Waals surface area contributed by atoms with Gasteiger partial charge in [0, 0.05) is 49.4 Å². The van der Waals surface area contributed by atoms with Crippen LogP contribution in [0.3, 0.4) is 0 Å². The number of nitrogens with one attached hydrogen (secondary N) is 4. The number of morpholine rings is 1. The molecule has 2 aliphatic rings. The van der Waals surface area contributed by atoms with E-state index in [2.05, 4.69) is 37.4 Å². The Hall–Kier alpha value is -4.19. The molecule has 0 unspecified atom stereocenters. The number of carbonyl (C=O) groups is 1. The fraction of sp³-hybridized carbons (Fsp3) is 0.259. The molecule has 39 heavy (non-hydrogen) atoms. The van der Waals surface area contributed by atoms with Crippen LogP contribution >= 0.6 is 11.6 Å². The summed E-state index contributed by atoms with van der Waals surface area (Å²) in [6, 6.07) is 3.36. The molecule has 2 aliphatic heterocycles. The van der Waals surface area contributed by atoms with E-state index in [1.165, 1.54) is 25.6 Å². The molecule has 1 fully saturated rings. The van der Waals surface area contributed by atoms with Crippen LogP contribution in [0.1, 0.15) is 5.69 Å². The molecule has 0 spiro atoms. The largest absolute Gasteiger partial charge is 0.494 e. The van der Waals surface area contributed by atoms with Crippen LogP contribution in [0.2, 0.25) is 5.02 Å². The quantitative estimate of drug-likeness (QED) is 0.243. The number of aromatic nitrogens is 2. The first-order chi connectivity index (χ1) is 19.0. The van der Waals surface area contributed by atoms with Gasteiger partial charge in [-0.15, -0.1) is 0 Å². The third kappa shape index (κ3) is 7.23. The van der Waals surface area contributed by atoms with Gasteiger partial charge in [0.25, 0.3) is 0 Å². The van der Waals surface area contributed by atoms with Crippen molar-refractivity contribution in [2.75, 3.05) is 57.2 Å². The number of halogens is 1. The lowest BCUT2D eigenvalue weighted by molar-refractivity contribution is -0.111. The predicted molar refractivity (Wildman–Crippen MR) is 152 cm³/mol. The molecule has 2 aromatic rings. The van der Waals surface area contributed by atoms with E-state index in [0.29, 0.717) is 66.2 Å². The molecule has 4 rings (SSSR count). The zero-order valence-electron chi connectivity index (χ0n) is 21.5. The normalized spacial score (nSPS) is 16.2. The lowest BCUT2D eigenvalue weighted by atomic mass is 10.1. The highest BCUT2D eigenvalue weighted by Gasteiger charge is 2.18. The van der Waals surface area contributed by atoms with Crippen molar-refractivity contribution in [2.24, 2.45) is 0 Å². The number of hydrogen-bond donors (Lipinski definition) is 4. The number of dihydropyridines is 1. The first kappa shape index (κ1) is 27.8. The highest BCUT2D eigenvalue weighted by molar-refractivity contribution is 6.33. The second-order valence-corrected chi connectivity index (χ2v) is 8.80. The Kier molecular flexibility index (Phi) is 9.68. The molecule has 1 aromatic heterocycles. The van der Waals surface area contributed by atoms with Gasteiger partial charge in [0.05, 0.1) is 48.6 Å². The van der Waals surface area contributed by atoms with Crippen LogP contribution < -0.4 is 25.4 Å². The fourth-order valence-electron chi connectivity index (χ4n) is 3.91. The third-order valence-electron chi connectivity index (χ3n) is 5.90. The number of methoxy groups -OCH3 is 1. The maximum Gasteiger partial charge on any atom is 0.247 e. The van der Waals surface area contributed by atoms with Crippen molar-refractivity contribution >= 4 is 46.6 Å². The van der Waals surface area contributed by atoms with Crippen LogP contribution in [0, 0.1) is 5.41 Å². The molecule has 1 aromatic carbocycles. The van der Waals surface area contributed by atoms with Gasteiger partial charge in [0.1, 0.15) is 18.1 Å². The van der Waals surface area contributed by atoms with Crippen molar-refractivity contribution in [1.29, 1.82) is 5.41 Å². The molecule has 4 N–H and O–H groups in total. The molecular formula is C27H30ClN7O4. The van der Waals surface area contributed by atoms with E-state index in [0.717, 1.165) is 13.1 Å². The topological polar surface area (TPSA) is 134 Å². The van der Waals surface area contributed by atoms with Gasteiger partial charge in [0.15, 0.2) is 0 Å². The van der Waals surface area contributed by atoms with Gasteiger partial charge in [-0.1, -0.05) is 24.3 Å². The number of anilines is 3. The van der Waals surface area contributed by atoms with E-state index in [9.17, 15) is 4.79 Å². The average molecular weight is 552 g/mol. The molecule has 204 valence electrons. The Balaban J connectivity index is 1.61. The molecule has 11 nitrogen and oxygen atoms in total. The molecule has 0 aliphatic carbocycles. The standard InChI is InChI=1S/C27H30ClN7O4/c1-3-25(36)32-22-14-21(23(37-2)15-24(22)39-13-10-35-8-11-38-12-9-35)33-27-31-17-19(28)26(34-27)18(16-29)20-6-4-5-7-30-20/h3-7,14-17,29-30H,1,8-13H2,2H3,(H,32,36)(H,31,33,34)/b20-18+,29-16?. The van der Waals surface area contributed by atoms with Crippen molar-refractivity contribution in [3.63, 3.8) is 0 Å². The van der Waals surface area contributed by atoms with Gasteiger partial charge in [-0.25, -0.2) is 9.97 Å². The van der Waals surface area contributed by atoms with Gasteiger partial charge < -0.3 is 35.6 Å². The second-order valence-electron chi connectivity index (χ2n) is 8.39. The predicted octanol–water partition coefficient (Wildman–Crippen LogP) is 3.75. The van der Waals surface area contributed by atoms with Crippen LogP contribution in [-0.2, 0) is 9.53 Å². The van der Waals surface area contributed by atoms with E-state index in [1.807, 2.05) is 18.2 Å². The zero-order valence-corrected chi connectivity index (χ0v) is 22.3. The Morgan fingerprint density at radius 1 is 1.28 bits per heavy atom. The van der Waals surface area contributed by atoms with Gasteiger partial charge >= 0.3 is 0 Å². The van der Waals surface area contributed by atoms with Crippen LogP contribution in [0.15, 0.2) is 61.1 Å². The molecule has 3 heterocycles. The summed E-state index contributed by atoms with van der Waals surface area (Å²) in [5, 5.41) is 17.2. The summed E-state index contributed by atoms with van der Waals surface area (Å²) < 4.78 is 17.0. The molecular weight excluding hydrogens is 522 g/mol. The minimum Gasteiger partial charge on any atom is -0.494 e. The van der Waals surface area contributed by atoms with E-state index in [1.54, 1.807) is 18.3 Å². The lowest BCUT2D eigenvalue weighted by Crippen LogP contribution is -2.38. The number of benzene rings is 1. The van der Waals surface area contributed by atoms with Crippen molar-refractivity contribution in [1.82, 2.24) is 20.2 Å². The minimum absolute atomic E-state index is 0.213. The Morgan fingerprint density at radius 3 is 2.79 bits per heavy atom. The van der Waals surface area contributed by atoms with E-state index < -0.39 is 5.91 Å². The molecule has 1 saturated heterocycles. The zero-order chi connectivity index (χ0) is 27.6. The first-order valence-electron chi connectivity index (χ1n) is 12.2. The maximum atomic E-state index is 12.2. The molecule has 0 atom stereocenters. The second kappa shape index (κ2) is 13.6. The molecule has 0 bridgehead atoms. The van der Waals surface area contributed by atoms with Gasteiger partial charge in [0.2, 0.25) is 11.9 Å². The van der Waals surface area contributed by atoms with Crippen LogP contribution in [0.25, 0.3) is 5.57 Å². The average Bonchev–Trinajstić information content (AvgIpc) is 2.97. The summed E-state index contributed by atoms with van der Waals surface area (Å²) >= 11 is 6.41. The molecule has 1 amide bonds. The Labute approximate surface area is 231 Å². The third-order valence-corrected chi connectivity index (χ3v) is 6.18. The summed E-state index contributed by atoms with van der Waals surface area (Å²) in [7, 11) is 1.53. The number of amides is 1. The lowest BCUT2D eigenvalue weighted by Gasteiger charge is -2.26. The van der Waals surface area contributed by atoms with E-state index >= 15 is 0 Å². The number of rotatable bonds is 11.